The summed E-state index contributed by atoms with van der Waals surface area (Å²) in [5, 5.41) is 3.67. The number of nitrogens with one attached hydrogen (secondary N) is 1. The molecule has 4 heteroatoms. The first-order valence-electron chi connectivity index (χ1n) is 7.48. The zero-order valence-corrected chi connectivity index (χ0v) is 13.5. The van der Waals surface area contributed by atoms with Crippen molar-refractivity contribution in [1.29, 1.82) is 0 Å². The molecule has 2 unspecified atom stereocenters. The number of hydrogen-bond donors (Lipinski definition) is 1. The monoisotopic (exact) mass is 339 g/mol. The van der Waals surface area contributed by atoms with Crippen LogP contribution in [0.15, 0.2) is 16.6 Å². The van der Waals surface area contributed by atoms with Crippen molar-refractivity contribution in [3.05, 3.63) is 27.7 Å². The van der Waals surface area contributed by atoms with Crippen molar-refractivity contribution < 1.29 is 9.47 Å². The molecule has 1 aliphatic carbocycles. The van der Waals surface area contributed by atoms with Gasteiger partial charge in [0.25, 0.3) is 0 Å². The molecule has 1 heterocycles. The lowest BCUT2D eigenvalue weighted by molar-refractivity contribution is 0.0412. The number of benzene rings is 1. The van der Waals surface area contributed by atoms with Gasteiger partial charge in [0.1, 0.15) is 5.75 Å². The Labute approximate surface area is 129 Å². The van der Waals surface area contributed by atoms with Gasteiger partial charge in [-0.25, -0.2) is 0 Å². The molecule has 0 radical (unpaired) electrons. The Balaban J connectivity index is 1.69. The SMILES string of the molecule is COC1CCCCC1NCc1cc(Br)cc2c1OCC2. The van der Waals surface area contributed by atoms with Gasteiger partial charge in [-0.05, 0) is 30.5 Å². The van der Waals surface area contributed by atoms with Gasteiger partial charge in [-0.1, -0.05) is 28.8 Å². The summed E-state index contributed by atoms with van der Waals surface area (Å²) < 4.78 is 12.5. The van der Waals surface area contributed by atoms with Crippen molar-refractivity contribution in [2.75, 3.05) is 13.7 Å². The summed E-state index contributed by atoms with van der Waals surface area (Å²) in [6.07, 6.45) is 6.32. The summed E-state index contributed by atoms with van der Waals surface area (Å²) in [5.41, 5.74) is 2.58. The molecule has 0 amide bonds. The van der Waals surface area contributed by atoms with Gasteiger partial charge in [0.2, 0.25) is 0 Å². The van der Waals surface area contributed by atoms with Crippen LogP contribution in [0.25, 0.3) is 0 Å². The summed E-state index contributed by atoms with van der Waals surface area (Å²) in [6.45, 7) is 1.66. The fourth-order valence-corrected chi connectivity index (χ4v) is 3.88. The lowest BCUT2D eigenvalue weighted by Gasteiger charge is -2.31. The van der Waals surface area contributed by atoms with Crippen molar-refractivity contribution >= 4 is 15.9 Å². The van der Waals surface area contributed by atoms with Crippen LogP contribution in [0.4, 0.5) is 0 Å². The summed E-state index contributed by atoms with van der Waals surface area (Å²) in [4.78, 5) is 0. The van der Waals surface area contributed by atoms with Gasteiger partial charge in [-0.3, -0.25) is 0 Å². The van der Waals surface area contributed by atoms with E-state index in [1.807, 2.05) is 7.11 Å². The molecule has 1 saturated carbocycles. The molecule has 20 heavy (non-hydrogen) atoms. The fraction of sp³-hybridized carbons (Fsp3) is 0.625. The van der Waals surface area contributed by atoms with E-state index in [1.165, 1.54) is 36.8 Å². The van der Waals surface area contributed by atoms with E-state index in [1.54, 1.807) is 0 Å². The molecule has 3 nitrogen and oxygen atoms in total. The van der Waals surface area contributed by atoms with E-state index in [2.05, 4.69) is 33.4 Å². The second-order valence-corrected chi connectivity index (χ2v) is 6.61. The predicted molar refractivity (Wildman–Crippen MR) is 83.2 cm³/mol. The predicted octanol–water partition coefficient (Wildman–Crippen LogP) is 3.43. The Morgan fingerprint density at radius 2 is 2.20 bits per heavy atom. The van der Waals surface area contributed by atoms with E-state index in [-0.39, 0.29) is 0 Å². The number of ether oxygens (including phenoxy) is 2. The first kappa shape index (κ1) is 14.4. The van der Waals surface area contributed by atoms with Crippen LogP contribution in [-0.2, 0) is 17.7 Å². The maximum atomic E-state index is 5.79. The highest BCUT2D eigenvalue weighted by Gasteiger charge is 2.25. The van der Waals surface area contributed by atoms with E-state index in [0.29, 0.717) is 12.1 Å². The Morgan fingerprint density at radius 3 is 3.05 bits per heavy atom. The van der Waals surface area contributed by atoms with E-state index in [0.717, 1.165) is 29.8 Å². The zero-order valence-electron chi connectivity index (χ0n) is 12.0. The lowest BCUT2D eigenvalue weighted by atomic mass is 9.92. The van der Waals surface area contributed by atoms with Crippen LogP contribution in [0.2, 0.25) is 0 Å². The minimum absolute atomic E-state index is 0.352. The van der Waals surface area contributed by atoms with Crippen molar-refractivity contribution in [1.82, 2.24) is 5.32 Å². The molecule has 3 rings (SSSR count). The fourth-order valence-electron chi connectivity index (χ4n) is 3.33. The molecular formula is C16H22BrNO2. The second-order valence-electron chi connectivity index (χ2n) is 5.70. The Morgan fingerprint density at radius 1 is 1.35 bits per heavy atom. The van der Waals surface area contributed by atoms with Crippen LogP contribution in [0.1, 0.15) is 36.8 Å². The quantitative estimate of drug-likeness (QED) is 0.911. The molecule has 1 aromatic rings. The van der Waals surface area contributed by atoms with Crippen molar-refractivity contribution in [3.8, 4) is 5.75 Å². The first-order valence-corrected chi connectivity index (χ1v) is 8.27. The molecule has 2 atom stereocenters. The highest BCUT2D eigenvalue weighted by Crippen LogP contribution is 2.33. The Kier molecular flexibility index (Phi) is 4.64. The third-order valence-electron chi connectivity index (χ3n) is 4.39. The minimum atomic E-state index is 0.352. The molecule has 0 saturated heterocycles. The summed E-state index contributed by atoms with van der Waals surface area (Å²) in [7, 11) is 1.82. The zero-order chi connectivity index (χ0) is 13.9. The van der Waals surface area contributed by atoms with Crippen molar-refractivity contribution in [2.24, 2.45) is 0 Å². The molecule has 0 aromatic heterocycles. The van der Waals surface area contributed by atoms with Gasteiger partial charge in [0.05, 0.1) is 12.7 Å². The number of fused-ring (bicyclic) bond motifs is 1. The van der Waals surface area contributed by atoms with Crippen molar-refractivity contribution in [2.45, 2.75) is 50.8 Å². The van der Waals surface area contributed by atoms with E-state index in [9.17, 15) is 0 Å². The highest BCUT2D eigenvalue weighted by molar-refractivity contribution is 9.10. The van der Waals surface area contributed by atoms with Gasteiger partial charge in [-0.2, -0.15) is 0 Å². The largest absolute Gasteiger partial charge is 0.493 e. The van der Waals surface area contributed by atoms with Crippen LogP contribution < -0.4 is 10.1 Å². The molecule has 110 valence electrons. The average molecular weight is 340 g/mol. The Bertz CT molecular complexity index is 478. The van der Waals surface area contributed by atoms with Crippen LogP contribution >= 0.6 is 15.9 Å². The van der Waals surface area contributed by atoms with Crippen LogP contribution in [0.3, 0.4) is 0 Å². The highest BCUT2D eigenvalue weighted by atomic mass is 79.9. The van der Waals surface area contributed by atoms with Gasteiger partial charge in [0, 0.05) is 36.2 Å². The maximum Gasteiger partial charge on any atom is 0.127 e. The molecule has 0 spiro atoms. The number of hydrogen-bond acceptors (Lipinski definition) is 3. The van der Waals surface area contributed by atoms with Gasteiger partial charge in [-0.15, -0.1) is 0 Å². The molecular weight excluding hydrogens is 318 g/mol. The normalized spacial score (nSPS) is 25.3. The van der Waals surface area contributed by atoms with Gasteiger partial charge in [0.15, 0.2) is 0 Å². The van der Waals surface area contributed by atoms with Crippen molar-refractivity contribution in [3.63, 3.8) is 0 Å². The summed E-state index contributed by atoms with van der Waals surface area (Å²) >= 11 is 3.60. The molecule has 1 N–H and O–H groups in total. The number of methoxy groups -OCH3 is 1. The molecule has 0 bridgehead atoms. The lowest BCUT2D eigenvalue weighted by Crippen LogP contribution is -2.42. The smallest absolute Gasteiger partial charge is 0.127 e. The van der Waals surface area contributed by atoms with Crippen LogP contribution in [0, 0.1) is 0 Å². The minimum Gasteiger partial charge on any atom is -0.493 e. The van der Waals surface area contributed by atoms with Gasteiger partial charge < -0.3 is 14.8 Å². The maximum absolute atomic E-state index is 5.79. The first-order chi connectivity index (χ1) is 9.78. The third-order valence-corrected chi connectivity index (χ3v) is 4.84. The molecule has 1 aromatic carbocycles. The summed E-state index contributed by atoms with van der Waals surface area (Å²) in [5.74, 6) is 1.09. The third kappa shape index (κ3) is 3.02. The summed E-state index contributed by atoms with van der Waals surface area (Å²) in [6, 6.07) is 4.80. The van der Waals surface area contributed by atoms with Crippen LogP contribution in [0.5, 0.6) is 5.75 Å². The van der Waals surface area contributed by atoms with E-state index >= 15 is 0 Å². The van der Waals surface area contributed by atoms with Crippen LogP contribution in [-0.4, -0.2) is 25.9 Å². The molecule has 2 aliphatic rings. The Hall–Kier alpha value is -0.580. The average Bonchev–Trinajstić information content (AvgIpc) is 2.93. The standard InChI is InChI=1S/C16H22BrNO2/c1-19-15-5-3-2-4-14(15)18-10-12-9-13(17)8-11-6-7-20-16(11)12/h8-9,14-15,18H,2-7,10H2,1H3. The molecule has 1 fully saturated rings. The topological polar surface area (TPSA) is 30.5 Å². The van der Waals surface area contributed by atoms with E-state index in [4.69, 9.17) is 9.47 Å². The molecule has 1 aliphatic heterocycles. The second kappa shape index (κ2) is 6.46. The number of rotatable bonds is 4. The number of halogens is 1. The van der Waals surface area contributed by atoms with Gasteiger partial charge >= 0.3 is 0 Å². The van der Waals surface area contributed by atoms with E-state index < -0.39 is 0 Å².